The lowest BCUT2D eigenvalue weighted by Gasteiger charge is -2.11. The van der Waals surface area contributed by atoms with Gasteiger partial charge in [-0.05, 0) is 31.9 Å². The minimum atomic E-state index is 0.158. The molecule has 2 N–H and O–H groups in total. The van der Waals surface area contributed by atoms with Crippen LogP contribution in [0.2, 0.25) is 0 Å². The van der Waals surface area contributed by atoms with Crippen LogP contribution in [-0.2, 0) is 4.74 Å². The molecule has 0 heterocycles. The van der Waals surface area contributed by atoms with E-state index < -0.39 is 0 Å². The molecule has 0 fully saturated rings. The Balaban J connectivity index is 2.14. The van der Waals surface area contributed by atoms with Crippen LogP contribution in [-0.4, -0.2) is 25.9 Å². The predicted octanol–water partition coefficient (Wildman–Crippen LogP) is 2.83. The molecule has 0 spiro atoms. The topological polar surface area (TPSA) is 44.5 Å². The van der Waals surface area contributed by atoms with Crippen molar-refractivity contribution in [3.05, 3.63) is 29.3 Å². The zero-order valence-corrected chi connectivity index (χ0v) is 11.7. The molecule has 0 amide bonds. The zero-order valence-electron chi connectivity index (χ0n) is 11.7. The van der Waals surface area contributed by atoms with Crippen molar-refractivity contribution in [2.75, 3.05) is 19.8 Å². The van der Waals surface area contributed by atoms with Crippen LogP contribution in [0.4, 0.5) is 0 Å². The van der Waals surface area contributed by atoms with Crippen LogP contribution in [0.25, 0.3) is 0 Å². The summed E-state index contributed by atoms with van der Waals surface area (Å²) in [4.78, 5) is 0. The Morgan fingerprint density at radius 2 is 2.00 bits per heavy atom. The minimum absolute atomic E-state index is 0.158. The van der Waals surface area contributed by atoms with Crippen LogP contribution in [0.5, 0.6) is 5.75 Å². The predicted molar refractivity (Wildman–Crippen MR) is 75.1 cm³/mol. The second kappa shape index (κ2) is 8.11. The molecule has 0 aliphatic heterocycles. The molecule has 3 nitrogen and oxygen atoms in total. The molecule has 102 valence electrons. The molecule has 0 radical (unpaired) electrons. The Morgan fingerprint density at radius 3 is 2.67 bits per heavy atom. The Kier molecular flexibility index (Phi) is 6.76. The fourth-order valence-electron chi connectivity index (χ4n) is 1.66. The number of rotatable bonds is 8. The van der Waals surface area contributed by atoms with Gasteiger partial charge in [0.2, 0.25) is 0 Å². The summed E-state index contributed by atoms with van der Waals surface area (Å²) < 4.78 is 11.2. The third-order valence-electron chi connectivity index (χ3n) is 2.88. The number of ether oxygens (including phenoxy) is 2. The molecule has 18 heavy (non-hydrogen) atoms. The summed E-state index contributed by atoms with van der Waals surface area (Å²) in [7, 11) is 0. The van der Waals surface area contributed by atoms with Gasteiger partial charge < -0.3 is 15.2 Å². The van der Waals surface area contributed by atoms with Gasteiger partial charge in [0.15, 0.2) is 0 Å². The van der Waals surface area contributed by atoms with E-state index in [-0.39, 0.29) is 6.04 Å². The minimum Gasteiger partial charge on any atom is -0.493 e. The van der Waals surface area contributed by atoms with Crippen LogP contribution in [0, 0.1) is 13.8 Å². The largest absolute Gasteiger partial charge is 0.493 e. The molecule has 1 aromatic carbocycles. The van der Waals surface area contributed by atoms with E-state index >= 15 is 0 Å². The van der Waals surface area contributed by atoms with Crippen LogP contribution < -0.4 is 10.5 Å². The Morgan fingerprint density at radius 1 is 1.22 bits per heavy atom. The first-order chi connectivity index (χ1) is 8.63. The number of benzene rings is 1. The highest BCUT2D eigenvalue weighted by Crippen LogP contribution is 2.18. The van der Waals surface area contributed by atoms with Crippen LogP contribution in [0.15, 0.2) is 18.2 Å². The van der Waals surface area contributed by atoms with Crippen molar-refractivity contribution >= 4 is 0 Å². The van der Waals surface area contributed by atoms with Gasteiger partial charge in [0.25, 0.3) is 0 Å². The van der Waals surface area contributed by atoms with Gasteiger partial charge in [-0.1, -0.05) is 24.6 Å². The lowest BCUT2D eigenvalue weighted by atomic mass is 10.1. The summed E-state index contributed by atoms with van der Waals surface area (Å²) in [6.45, 7) is 8.25. The number of hydrogen-bond acceptors (Lipinski definition) is 3. The highest BCUT2D eigenvalue weighted by Gasteiger charge is 2.00. The van der Waals surface area contributed by atoms with Gasteiger partial charge >= 0.3 is 0 Å². The highest BCUT2D eigenvalue weighted by molar-refractivity contribution is 5.35. The molecule has 0 aliphatic carbocycles. The standard InChI is InChI=1S/C15H25NO2/c1-4-14(16)11-17-8-5-9-18-15-7-6-12(2)10-13(15)3/h6-7,10,14H,4-5,8-9,11,16H2,1-3H3. The van der Waals surface area contributed by atoms with Crippen molar-refractivity contribution in [2.24, 2.45) is 5.73 Å². The molecule has 0 aliphatic rings. The molecule has 3 heteroatoms. The third-order valence-corrected chi connectivity index (χ3v) is 2.88. The quantitative estimate of drug-likeness (QED) is 0.723. The van der Waals surface area contributed by atoms with E-state index in [1.165, 1.54) is 11.1 Å². The van der Waals surface area contributed by atoms with Crippen molar-refractivity contribution in [3.8, 4) is 5.75 Å². The van der Waals surface area contributed by atoms with Crippen LogP contribution >= 0.6 is 0 Å². The van der Waals surface area contributed by atoms with Crippen LogP contribution in [0.1, 0.15) is 30.9 Å². The average molecular weight is 251 g/mol. The highest BCUT2D eigenvalue weighted by atomic mass is 16.5. The SMILES string of the molecule is CCC(N)COCCCOc1ccc(C)cc1C. The molecule has 0 aromatic heterocycles. The van der Waals surface area contributed by atoms with Crippen molar-refractivity contribution in [2.45, 2.75) is 39.7 Å². The summed E-state index contributed by atoms with van der Waals surface area (Å²) in [5, 5.41) is 0. The van der Waals surface area contributed by atoms with E-state index in [0.29, 0.717) is 19.8 Å². The molecule has 0 saturated heterocycles. The first-order valence-corrected chi connectivity index (χ1v) is 6.67. The van der Waals surface area contributed by atoms with E-state index in [4.69, 9.17) is 15.2 Å². The Bertz CT molecular complexity index is 352. The molecule has 1 unspecified atom stereocenters. The molecule has 1 atom stereocenters. The van der Waals surface area contributed by atoms with Crippen LogP contribution in [0.3, 0.4) is 0 Å². The first kappa shape index (κ1) is 15.0. The number of aryl methyl sites for hydroxylation is 2. The summed E-state index contributed by atoms with van der Waals surface area (Å²) in [5.41, 5.74) is 8.20. The maximum Gasteiger partial charge on any atom is 0.122 e. The average Bonchev–Trinajstić information content (AvgIpc) is 2.35. The van der Waals surface area contributed by atoms with Gasteiger partial charge in [0, 0.05) is 19.1 Å². The van der Waals surface area contributed by atoms with E-state index in [1.54, 1.807) is 0 Å². The third kappa shape index (κ3) is 5.52. The molecule has 0 saturated carbocycles. The van der Waals surface area contributed by atoms with Crippen molar-refractivity contribution in [1.29, 1.82) is 0 Å². The molecular formula is C15H25NO2. The smallest absolute Gasteiger partial charge is 0.122 e. The normalized spacial score (nSPS) is 12.4. The van der Waals surface area contributed by atoms with Gasteiger partial charge in [0.05, 0.1) is 13.2 Å². The van der Waals surface area contributed by atoms with Gasteiger partial charge in [0.1, 0.15) is 5.75 Å². The molecule has 0 bridgehead atoms. The first-order valence-electron chi connectivity index (χ1n) is 6.67. The van der Waals surface area contributed by atoms with Crippen molar-refractivity contribution < 1.29 is 9.47 Å². The fourth-order valence-corrected chi connectivity index (χ4v) is 1.66. The zero-order chi connectivity index (χ0) is 13.4. The van der Waals surface area contributed by atoms with E-state index in [9.17, 15) is 0 Å². The van der Waals surface area contributed by atoms with Gasteiger partial charge in [-0.3, -0.25) is 0 Å². The van der Waals surface area contributed by atoms with E-state index in [1.807, 2.05) is 6.07 Å². The summed E-state index contributed by atoms with van der Waals surface area (Å²) in [6, 6.07) is 6.38. The van der Waals surface area contributed by atoms with Gasteiger partial charge in [-0.15, -0.1) is 0 Å². The maximum atomic E-state index is 5.76. The second-order valence-electron chi connectivity index (χ2n) is 4.71. The van der Waals surface area contributed by atoms with Gasteiger partial charge in [-0.25, -0.2) is 0 Å². The summed E-state index contributed by atoms with van der Waals surface area (Å²) in [5.74, 6) is 0.964. The monoisotopic (exact) mass is 251 g/mol. The van der Waals surface area contributed by atoms with Crippen molar-refractivity contribution in [1.82, 2.24) is 0 Å². The van der Waals surface area contributed by atoms with E-state index in [0.717, 1.165) is 18.6 Å². The Hall–Kier alpha value is -1.06. The summed E-state index contributed by atoms with van der Waals surface area (Å²) >= 11 is 0. The molecule has 1 rings (SSSR count). The molecular weight excluding hydrogens is 226 g/mol. The fraction of sp³-hybridized carbons (Fsp3) is 0.600. The number of hydrogen-bond donors (Lipinski definition) is 1. The lowest BCUT2D eigenvalue weighted by molar-refractivity contribution is 0.107. The van der Waals surface area contributed by atoms with E-state index in [2.05, 4.69) is 32.9 Å². The van der Waals surface area contributed by atoms with Gasteiger partial charge in [-0.2, -0.15) is 0 Å². The second-order valence-corrected chi connectivity index (χ2v) is 4.71. The lowest BCUT2D eigenvalue weighted by Crippen LogP contribution is -2.25. The Labute approximate surface area is 110 Å². The maximum absolute atomic E-state index is 5.76. The molecule has 1 aromatic rings. The number of nitrogens with two attached hydrogens (primary N) is 1. The van der Waals surface area contributed by atoms with Crippen molar-refractivity contribution in [3.63, 3.8) is 0 Å². The summed E-state index contributed by atoms with van der Waals surface area (Å²) in [6.07, 6.45) is 1.85.